The smallest absolute Gasteiger partial charge is 0.225 e. The van der Waals surface area contributed by atoms with Gasteiger partial charge in [-0.25, -0.2) is 0 Å². The van der Waals surface area contributed by atoms with E-state index >= 15 is 0 Å². The molecule has 1 aliphatic carbocycles. The molecule has 0 aromatic rings. The van der Waals surface area contributed by atoms with Crippen LogP contribution in [0.3, 0.4) is 0 Å². The monoisotopic (exact) mass is 196 g/mol. The molecule has 3 nitrogen and oxygen atoms in total. The standard InChI is InChI=1S/C11H20N2O/c1-2-8-7-13(6-5-10(8)12)11(14)9-3-4-9/h8-10H,2-7,12H2,1H3. The summed E-state index contributed by atoms with van der Waals surface area (Å²) in [4.78, 5) is 13.9. The molecule has 0 bridgehead atoms. The summed E-state index contributed by atoms with van der Waals surface area (Å²) in [6, 6.07) is 0.309. The second-order valence-electron chi connectivity index (χ2n) is 4.68. The number of hydrogen-bond donors (Lipinski definition) is 1. The minimum Gasteiger partial charge on any atom is -0.342 e. The normalized spacial score (nSPS) is 33.1. The fourth-order valence-corrected chi connectivity index (χ4v) is 2.27. The van der Waals surface area contributed by atoms with Gasteiger partial charge >= 0.3 is 0 Å². The molecule has 2 unspecified atom stereocenters. The van der Waals surface area contributed by atoms with Crippen molar-refractivity contribution in [2.75, 3.05) is 13.1 Å². The molecule has 2 rings (SSSR count). The van der Waals surface area contributed by atoms with E-state index < -0.39 is 0 Å². The van der Waals surface area contributed by atoms with E-state index in [0.717, 1.165) is 38.8 Å². The first-order chi connectivity index (χ1) is 6.72. The Morgan fingerprint density at radius 3 is 2.71 bits per heavy atom. The molecule has 1 saturated carbocycles. The Kier molecular flexibility index (Phi) is 2.77. The molecule has 2 fully saturated rings. The van der Waals surface area contributed by atoms with Crippen LogP contribution in [-0.2, 0) is 4.79 Å². The van der Waals surface area contributed by atoms with Crippen molar-refractivity contribution in [1.82, 2.24) is 4.90 Å². The maximum atomic E-state index is 11.8. The Labute approximate surface area is 85.6 Å². The van der Waals surface area contributed by atoms with Crippen LogP contribution in [0.25, 0.3) is 0 Å². The number of piperidine rings is 1. The van der Waals surface area contributed by atoms with Crippen LogP contribution in [0.4, 0.5) is 0 Å². The van der Waals surface area contributed by atoms with Gasteiger partial charge in [0, 0.05) is 25.0 Å². The van der Waals surface area contributed by atoms with Gasteiger partial charge in [-0.2, -0.15) is 0 Å². The molecular weight excluding hydrogens is 176 g/mol. The summed E-state index contributed by atoms with van der Waals surface area (Å²) in [5.74, 6) is 1.27. The Balaban J connectivity index is 1.91. The molecule has 0 aromatic heterocycles. The predicted octanol–water partition coefficient (Wildman–Crippen LogP) is 0.982. The highest BCUT2D eigenvalue weighted by atomic mass is 16.2. The van der Waals surface area contributed by atoms with Gasteiger partial charge < -0.3 is 10.6 Å². The average molecular weight is 196 g/mol. The number of nitrogens with zero attached hydrogens (tertiary/aromatic N) is 1. The quantitative estimate of drug-likeness (QED) is 0.715. The molecular formula is C11H20N2O. The molecule has 1 aliphatic heterocycles. The second-order valence-corrected chi connectivity index (χ2v) is 4.68. The molecule has 3 heteroatoms. The van der Waals surface area contributed by atoms with Crippen LogP contribution in [0.1, 0.15) is 32.6 Å². The van der Waals surface area contributed by atoms with Crippen molar-refractivity contribution >= 4 is 5.91 Å². The van der Waals surface area contributed by atoms with E-state index in [1.165, 1.54) is 0 Å². The van der Waals surface area contributed by atoms with E-state index in [1.54, 1.807) is 0 Å². The highest BCUT2D eigenvalue weighted by Crippen LogP contribution is 2.32. The lowest BCUT2D eigenvalue weighted by molar-refractivity contribution is -0.134. The van der Waals surface area contributed by atoms with Crippen LogP contribution in [-0.4, -0.2) is 29.9 Å². The lowest BCUT2D eigenvalue weighted by Crippen LogP contribution is -2.49. The van der Waals surface area contributed by atoms with Crippen molar-refractivity contribution in [2.45, 2.75) is 38.6 Å². The number of carbonyl (C=O) groups excluding carboxylic acids is 1. The fourth-order valence-electron chi connectivity index (χ4n) is 2.27. The van der Waals surface area contributed by atoms with Gasteiger partial charge in [0.25, 0.3) is 0 Å². The van der Waals surface area contributed by atoms with Crippen LogP contribution in [0, 0.1) is 11.8 Å². The van der Waals surface area contributed by atoms with Crippen LogP contribution >= 0.6 is 0 Å². The van der Waals surface area contributed by atoms with Gasteiger partial charge in [0.15, 0.2) is 0 Å². The van der Waals surface area contributed by atoms with Crippen LogP contribution < -0.4 is 5.73 Å². The molecule has 80 valence electrons. The van der Waals surface area contributed by atoms with Crippen LogP contribution in [0.15, 0.2) is 0 Å². The maximum absolute atomic E-state index is 11.8. The third-order valence-corrected chi connectivity index (χ3v) is 3.56. The van der Waals surface area contributed by atoms with Gasteiger partial charge in [0.05, 0.1) is 0 Å². The summed E-state index contributed by atoms with van der Waals surface area (Å²) in [6.07, 6.45) is 4.29. The van der Waals surface area contributed by atoms with E-state index in [4.69, 9.17) is 5.73 Å². The largest absolute Gasteiger partial charge is 0.342 e. The molecule has 0 radical (unpaired) electrons. The first-order valence-corrected chi connectivity index (χ1v) is 5.76. The van der Waals surface area contributed by atoms with Gasteiger partial charge in [0.1, 0.15) is 0 Å². The Morgan fingerprint density at radius 1 is 1.43 bits per heavy atom. The Morgan fingerprint density at radius 2 is 2.14 bits per heavy atom. The highest BCUT2D eigenvalue weighted by Gasteiger charge is 2.36. The van der Waals surface area contributed by atoms with E-state index in [-0.39, 0.29) is 0 Å². The number of rotatable bonds is 2. The van der Waals surface area contributed by atoms with Crippen molar-refractivity contribution < 1.29 is 4.79 Å². The molecule has 1 saturated heterocycles. The molecule has 0 aromatic carbocycles. The Hall–Kier alpha value is -0.570. The van der Waals surface area contributed by atoms with Crippen molar-refractivity contribution in [3.05, 3.63) is 0 Å². The van der Waals surface area contributed by atoms with Crippen molar-refractivity contribution in [3.8, 4) is 0 Å². The number of hydrogen-bond acceptors (Lipinski definition) is 2. The highest BCUT2D eigenvalue weighted by molar-refractivity contribution is 5.81. The van der Waals surface area contributed by atoms with Gasteiger partial charge in [-0.3, -0.25) is 4.79 Å². The first-order valence-electron chi connectivity index (χ1n) is 5.76. The van der Waals surface area contributed by atoms with Crippen molar-refractivity contribution in [1.29, 1.82) is 0 Å². The van der Waals surface area contributed by atoms with Crippen molar-refractivity contribution in [2.24, 2.45) is 17.6 Å². The molecule has 14 heavy (non-hydrogen) atoms. The van der Waals surface area contributed by atoms with Crippen molar-refractivity contribution in [3.63, 3.8) is 0 Å². The van der Waals surface area contributed by atoms with Gasteiger partial charge in [0.2, 0.25) is 5.91 Å². The first kappa shape index (κ1) is 9.97. The number of likely N-dealkylation sites (tertiary alicyclic amines) is 1. The number of nitrogens with two attached hydrogens (primary N) is 1. The zero-order chi connectivity index (χ0) is 10.1. The van der Waals surface area contributed by atoms with E-state index in [0.29, 0.717) is 23.8 Å². The summed E-state index contributed by atoms with van der Waals surface area (Å²) in [6.45, 7) is 3.94. The van der Waals surface area contributed by atoms with Crippen LogP contribution in [0.2, 0.25) is 0 Å². The van der Waals surface area contributed by atoms with Gasteiger partial charge in [-0.05, 0) is 25.2 Å². The SMILES string of the molecule is CCC1CN(C(=O)C2CC2)CCC1N. The summed E-state index contributed by atoms with van der Waals surface area (Å²) in [5, 5.41) is 0. The second kappa shape index (κ2) is 3.89. The summed E-state index contributed by atoms with van der Waals surface area (Å²) >= 11 is 0. The Bertz CT molecular complexity index is 225. The fraction of sp³-hybridized carbons (Fsp3) is 0.909. The third-order valence-electron chi connectivity index (χ3n) is 3.56. The topological polar surface area (TPSA) is 46.3 Å². The molecule has 0 spiro atoms. The number of carbonyl (C=O) groups is 1. The maximum Gasteiger partial charge on any atom is 0.225 e. The van der Waals surface area contributed by atoms with E-state index in [1.807, 2.05) is 4.90 Å². The van der Waals surface area contributed by atoms with Crippen LogP contribution in [0.5, 0.6) is 0 Å². The van der Waals surface area contributed by atoms with E-state index in [9.17, 15) is 4.79 Å². The third kappa shape index (κ3) is 1.92. The summed E-state index contributed by atoms with van der Waals surface area (Å²) in [5.41, 5.74) is 6.01. The lowest BCUT2D eigenvalue weighted by Gasteiger charge is -2.36. The molecule has 2 aliphatic rings. The lowest BCUT2D eigenvalue weighted by atomic mass is 9.90. The molecule has 1 amide bonds. The summed E-state index contributed by atoms with van der Waals surface area (Å²) < 4.78 is 0. The number of amides is 1. The molecule has 1 heterocycles. The summed E-state index contributed by atoms with van der Waals surface area (Å²) in [7, 11) is 0. The minimum absolute atomic E-state index is 0.309. The van der Waals surface area contributed by atoms with Gasteiger partial charge in [-0.1, -0.05) is 13.3 Å². The molecule has 2 atom stereocenters. The average Bonchev–Trinajstić information content (AvgIpc) is 3.01. The zero-order valence-corrected chi connectivity index (χ0v) is 8.91. The molecule has 2 N–H and O–H groups in total. The van der Waals surface area contributed by atoms with E-state index in [2.05, 4.69) is 6.92 Å². The van der Waals surface area contributed by atoms with Gasteiger partial charge in [-0.15, -0.1) is 0 Å². The predicted molar refractivity (Wildman–Crippen MR) is 55.7 cm³/mol. The zero-order valence-electron chi connectivity index (χ0n) is 8.91. The minimum atomic E-state index is 0.309.